The van der Waals surface area contributed by atoms with Crippen molar-refractivity contribution in [2.75, 3.05) is 25.1 Å². The molecule has 2 aromatic carbocycles. The molecule has 0 fully saturated rings. The van der Waals surface area contributed by atoms with Gasteiger partial charge in [-0.25, -0.2) is 9.78 Å². The number of nitrogens with two attached hydrogens (primary N) is 1. The lowest BCUT2D eigenvalue weighted by Crippen LogP contribution is -2.37. The average molecular weight is 462 g/mol. The van der Waals surface area contributed by atoms with Crippen molar-refractivity contribution in [2.45, 2.75) is 25.8 Å². The Balaban J connectivity index is 1.74. The van der Waals surface area contributed by atoms with Crippen LogP contribution in [0.3, 0.4) is 0 Å². The summed E-state index contributed by atoms with van der Waals surface area (Å²) in [7, 11) is 3.45. The van der Waals surface area contributed by atoms with Crippen LogP contribution in [0.4, 0.5) is 5.69 Å². The van der Waals surface area contributed by atoms with Crippen LogP contribution in [-0.2, 0) is 11.8 Å². The Labute approximate surface area is 196 Å². The van der Waals surface area contributed by atoms with Crippen LogP contribution in [0, 0.1) is 0 Å². The largest absolute Gasteiger partial charge is 0.494 e. The Kier molecular flexibility index (Phi) is 5.19. The van der Waals surface area contributed by atoms with E-state index in [4.69, 9.17) is 15.5 Å². The number of carboxylic acids is 1. The molecule has 1 aliphatic rings. The molecule has 1 unspecified atom stereocenters. The number of benzene rings is 2. The van der Waals surface area contributed by atoms with Gasteiger partial charge in [-0.3, -0.25) is 4.79 Å². The van der Waals surface area contributed by atoms with E-state index < -0.39 is 5.97 Å². The fourth-order valence-electron chi connectivity index (χ4n) is 5.09. The van der Waals surface area contributed by atoms with Gasteiger partial charge in [0.25, 0.3) is 0 Å². The number of imidazole rings is 1. The van der Waals surface area contributed by atoms with Gasteiger partial charge < -0.3 is 29.6 Å². The van der Waals surface area contributed by atoms with Gasteiger partial charge in [-0.15, -0.1) is 0 Å². The predicted molar refractivity (Wildman–Crippen MR) is 131 cm³/mol. The summed E-state index contributed by atoms with van der Waals surface area (Å²) in [6.07, 6.45) is 1.20. The van der Waals surface area contributed by atoms with Gasteiger partial charge in [0.15, 0.2) is 5.82 Å². The highest BCUT2D eigenvalue weighted by atomic mass is 16.5. The number of aromatic nitrogens is 3. The van der Waals surface area contributed by atoms with E-state index in [2.05, 4.69) is 34.6 Å². The number of fused-ring (bicyclic) bond motifs is 1. The first-order valence-electron chi connectivity index (χ1n) is 11.3. The number of anilines is 1. The zero-order valence-electron chi connectivity index (χ0n) is 19.4. The Hall–Kier alpha value is -4.01. The van der Waals surface area contributed by atoms with Gasteiger partial charge in [0.05, 0.1) is 41.1 Å². The molecule has 0 aliphatic carbocycles. The first-order chi connectivity index (χ1) is 16.3. The molecule has 1 amide bonds. The van der Waals surface area contributed by atoms with Crippen molar-refractivity contribution in [3.05, 3.63) is 42.0 Å². The predicted octanol–water partition coefficient (Wildman–Crippen LogP) is 3.55. The number of hydrogen-bond donors (Lipinski definition) is 2. The van der Waals surface area contributed by atoms with Crippen LogP contribution in [0.15, 0.2) is 36.4 Å². The van der Waals surface area contributed by atoms with Crippen molar-refractivity contribution in [1.29, 1.82) is 0 Å². The maximum atomic E-state index is 11.6. The molecule has 1 aliphatic heterocycles. The van der Waals surface area contributed by atoms with E-state index in [-0.39, 0.29) is 17.5 Å². The van der Waals surface area contributed by atoms with E-state index in [0.717, 1.165) is 46.6 Å². The van der Waals surface area contributed by atoms with Crippen LogP contribution in [0.25, 0.3) is 33.5 Å². The molecule has 0 spiro atoms. The monoisotopic (exact) mass is 461 g/mol. The second-order valence-corrected chi connectivity index (χ2v) is 8.68. The quantitative estimate of drug-likeness (QED) is 0.435. The molecule has 0 bridgehead atoms. The Morgan fingerprint density at radius 2 is 2.03 bits per heavy atom. The molecule has 4 aromatic rings. The van der Waals surface area contributed by atoms with E-state index >= 15 is 0 Å². The van der Waals surface area contributed by atoms with Gasteiger partial charge in [0.1, 0.15) is 11.3 Å². The van der Waals surface area contributed by atoms with Crippen LogP contribution in [0.2, 0.25) is 0 Å². The number of ether oxygens (including phenoxy) is 1. The third-order valence-corrected chi connectivity index (χ3v) is 6.71. The van der Waals surface area contributed by atoms with Crippen LogP contribution >= 0.6 is 0 Å². The fourth-order valence-corrected chi connectivity index (χ4v) is 5.09. The van der Waals surface area contributed by atoms with Gasteiger partial charge >= 0.3 is 5.97 Å². The van der Waals surface area contributed by atoms with E-state index in [1.54, 1.807) is 6.07 Å². The number of primary amides is 1. The Morgan fingerprint density at radius 1 is 1.24 bits per heavy atom. The summed E-state index contributed by atoms with van der Waals surface area (Å²) in [5, 5.41) is 10.6. The second kappa shape index (κ2) is 8.09. The number of aromatic carboxylic acids is 1. The van der Waals surface area contributed by atoms with Crippen molar-refractivity contribution in [3.8, 4) is 17.3 Å². The number of carbonyl (C=O) groups excluding carboxylic acids is 1. The van der Waals surface area contributed by atoms with Crippen molar-refractivity contribution >= 4 is 39.5 Å². The maximum Gasteiger partial charge on any atom is 0.335 e. The standard InChI is InChI=1S/C25H27N5O4/c1-4-16-13-29(9-8-21(26)31)18-7-5-6-14-11-19(30(16)22(14)18)24-27-17-10-15(25(32)33)12-20(34-3)23(17)28(24)2/h5-7,10-12,16H,4,8-9,13H2,1-3H3,(H2,26,31)(H,32,33). The van der Waals surface area contributed by atoms with E-state index in [1.165, 1.54) is 13.2 Å². The smallest absolute Gasteiger partial charge is 0.335 e. The maximum absolute atomic E-state index is 11.6. The average Bonchev–Trinajstić information content (AvgIpc) is 3.37. The number of rotatable bonds is 7. The SMILES string of the molecule is CCC1CN(CCC(N)=O)c2cccc3cc(-c4nc5cc(C(=O)O)cc(OC)c5n4C)n1c23. The normalized spacial score (nSPS) is 15.3. The number of hydrogen-bond acceptors (Lipinski definition) is 5. The summed E-state index contributed by atoms with van der Waals surface area (Å²) in [5.74, 6) is -0.128. The number of para-hydroxylation sites is 1. The molecule has 0 radical (unpaired) electrons. The number of carboxylic acid groups (broad SMARTS) is 1. The van der Waals surface area contributed by atoms with Gasteiger partial charge in [0, 0.05) is 31.9 Å². The number of carbonyl (C=O) groups is 2. The summed E-state index contributed by atoms with van der Waals surface area (Å²) in [6, 6.07) is 11.6. The number of nitrogens with zero attached hydrogens (tertiary/aromatic N) is 4. The molecule has 0 saturated carbocycles. The molecular weight excluding hydrogens is 434 g/mol. The molecular formula is C25H27N5O4. The van der Waals surface area contributed by atoms with Gasteiger partial charge in [-0.1, -0.05) is 19.1 Å². The minimum atomic E-state index is -1.03. The van der Waals surface area contributed by atoms with Gasteiger partial charge in [-0.05, 0) is 30.7 Å². The zero-order valence-corrected chi connectivity index (χ0v) is 19.4. The van der Waals surface area contributed by atoms with Crippen LogP contribution in [-0.4, -0.2) is 51.3 Å². The van der Waals surface area contributed by atoms with Gasteiger partial charge in [-0.2, -0.15) is 0 Å². The molecule has 5 rings (SSSR count). The first-order valence-corrected chi connectivity index (χ1v) is 11.3. The lowest BCUT2D eigenvalue weighted by molar-refractivity contribution is -0.117. The van der Waals surface area contributed by atoms with Crippen LogP contribution < -0.4 is 15.4 Å². The highest BCUT2D eigenvalue weighted by molar-refractivity contribution is 5.99. The summed E-state index contributed by atoms with van der Waals surface area (Å²) < 4.78 is 9.81. The lowest BCUT2D eigenvalue weighted by atomic mass is 10.1. The topological polar surface area (TPSA) is 116 Å². The Bertz CT molecular complexity index is 1450. The molecule has 2 aromatic heterocycles. The molecule has 9 nitrogen and oxygen atoms in total. The summed E-state index contributed by atoms with van der Waals surface area (Å²) >= 11 is 0. The van der Waals surface area contributed by atoms with Crippen molar-refractivity contribution in [1.82, 2.24) is 14.1 Å². The molecule has 176 valence electrons. The summed E-state index contributed by atoms with van der Waals surface area (Å²) in [6.45, 7) is 3.48. The fraction of sp³-hybridized carbons (Fsp3) is 0.320. The van der Waals surface area contributed by atoms with Crippen molar-refractivity contribution in [2.24, 2.45) is 12.8 Å². The first kappa shape index (κ1) is 21.8. The lowest BCUT2D eigenvalue weighted by Gasteiger charge is -2.36. The molecule has 1 atom stereocenters. The summed E-state index contributed by atoms with van der Waals surface area (Å²) in [5.41, 5.74) is 10.0. The third-order valence-electron chi connectivity index (χ3n) is 6.71. The number of amides is 1. The van der Waals surface area contributed by atoms with E-state index in [1.807, 2.05) is 17.7 Å². The van der Waals surface area contributed by atoms with E-state index in [0.29, 0.717) is 24.2 Å². The number of methoxy groups -OCH3 is 1. The molecule has 3 heterocycles. The highest BCUT2D eigenvalue weighted by Crippen LogP contribution is 2.42. The molecule has 9 heteroatoms. The molecule has 3 N–H and O–H groups in total. The number of aryl methyl sites for hydroxylation is 1. The molecule has 0 saturated heterocycles. The minimum Gasteiger partial charge on any atom is -0.494 e. The second-order valence-electron chi connectivity index (χ2n) is 8.68. The molecule has 34 heavy (non-hydrogen) atoms. The summed E-state index contributed by atoms with van der Waals surface area (Å²) in [4.78, 5) is 30.2. The Morgan fingerprint density at radius 3 is 2.71 bits per heavy atom. The van der Waals surface area contributed by atoms with Crippen molar-refractivity contribution in [3.63, 3.8) is 0 Å². The van der Waals surface area contributed by atoms with Gasteiger partial charge in [0.2, 0.25) is 5.91 Å². The minimum absolute atomic E-state index is 0.134. The van der Waals surface area contributed by atoms with E-state index in [9.17, 15) is 14.7 Å². The highest BCUT2D eigenvalue weighted by Gasteiger charge is 2.30. The van der Waals surface area contributed by atoms with Crippen LogP contribution in [0.5, 0.6) is 5.75 Å². The van der Waals surface area contributed by atoms with Crippen molar-refractivity contribution < 1.29 is 19.4 Å². The zero-order chi connectivity index (χ0) is 24.1. The van der Waals surface area contributed by atoms with Crippen LogP contribution in [0.1, 0.15) is 36.2 Å². The third kappa shape index (κ3) is 3.27.